The molecule has 0 aromatic carbocycles. The lowest BCUT2D eigenvalue weighted by atomic mass is 10.4. The Balaban J connectivity index is 2.51. The number of hydrogen-bond donors (Lipinski definition) is 2. The number of anilines is 1. The quantitative estimate of drug-likeness (QED) is 0.586. The SMILES string of the molecule is C=CCNC(=S)Nc1cccc(C)n1. The number of hydrogen-bond acceptors (Lipinski definition) is 2. The maximum absolute atomic E-state index is 5.03. The average molecular weight is 207 g/mol. The Morgan fingerprint density at radius 3 is 3.07 bits per heavy atom. The standard InChI is InChI=1S/C10H13N3S/c1-3-7-11-10(14)13-9-6-4-5-8(2)12-9/h3-6H,1,7H2,2H3,(H2,11,12,13,14). The summed E-state index contributed by atoms with van der Waals surface area (Å²) in [6, 6.07) is 5.74. The Hall–Kier alpha value is -1.42. The summed E-state index contributed by atoms with van der Waals surface area (Å²) < 4.78 is 0. The second-order valence-electron chi connectivity index (χ2n) is 2.79. The van der Waals surface area contributed by atoms with Gasteiger partial charge >= 0.3 is 0 Å². The van der Waals surface area contributed by atoms with Gasteiger partial charge in [-0.1, -0.05) is 12.1 Å². The van der Waals surface area contributed by atoms with E-state index in [-0.39, 0.29) is 0 Å². The van der Waals surface area contributed by atoms with Crippen molar-refractivity contribution in [3.63, 3.8) is 0 Å². The minimum absolute atomic E-state index is 0.558. The average Bonchev–Trinajstić information content (AvgIpc) is 2.15. The number of nitrogens with one attached hydrogen (secondary N) is 2. The van der Waals surface area contributed by atoms with Gasteiger partial charge in [0, 0.05) is 12.2 Å². The van der Waals surface area contributed by atoms with Gasteiger partial charge in [-0.2, -0.15) is 0 Å². The molecule has 0 atom stereocenters. The van der Waals surface area contributed by atoms with Crippen molar-refractivity contribution in [2.24, 2.45) is 0 Å². The van der Waals surface area contributed by atoms with Crippen molar-refractivity contribution in [2.75, 3.05) is 11.9 Å². The van der Waals surface area contributed by atoms with Crippen LogP contribution in [-0.4, -0.2) is 16.6 Å². The van der Waals surface area contributed by atoms with Crippen LogP contribution in [0.1, 0.15) is 5.69 Å². The monoisotopic (exact) mass is 207 g/mol. The minimum Gasteiger partial charge on any atom is -0.359 e. The summed E-state index contributed by atoms with van der Waals surface area (Å²) >= 11 is 5.03. The van der Waals surface area contributed by atoms with Gasteiger partial charge in [0.25, 0.3) is 0 Å². The number of thiocarbonyl (C=S) groups is 1. The van der Waals surface area contributed by atoms with Gasteiger partial charge in [0.15, 0.2) is 5.11 Å². The van der Waals surface area contributed by atoms with E-state index < -0.39 is 0 Å². The summed E-state index contributed by atoms with van der Waals surface area (Å²) in [6.07, 6.45) is 1.75. The van der Waals surface area contributed by atoms with Gasteiger partial charge in [0.1, 0.15) is 5.82 Å². The maximum Gasteiger partial charge on any atom is 0.172 e. The minimum atomic E-state index is 0.558. The molecule has 0 aliphatic carbocycles. The molecule has 0 aliphatic heterocycles. The lowest BCUT2D eigenvalue weighted by Gasteiger charge is -2.07. The predicted octanol–water partition coefficient (Wildman–Crippen LogP) is 1.86. The third-order valence-electron chi connectivity index (χ3n) is 1.54. The van der Waals surface area contributed by atoms with Crippen molar-refractivity contribution in [1.29, 1.82) is 0 Å². The van der Waals surface area contributed by atoms with Gasteiger partial charge < -0.3 is 10.6 Å². The summed E-state index contributed by atoms with van der Waals surface area (Å²) in [4.78, 5) is 4.26. The first-order valence-corrected chi connectivity index (χ1v) is 4.72. The first-order chi connectivity index (χ1) is 6.72. The van der Waals surface area contributed by atoms with Crippen LogP contribution in [0.4, 0.5) is 5.82 Å². The highest BCUT2D eigenvalue weighted by molar-refractivity contribution is 7.80. The third-order valence-corrected chi connectivity index (χ3v) is 1.78. The highest BCUT2D eigenvalue weighted by Crippen LogP contribution is 2.02. The van der Waals surface area contributed by atoms with Crippen molar-refractivity contribution in [2.45, 2.75) is 6.92 Å². The molecule has 0 aliphatic rings. The zero-order valence-electron chi connectivity index (χ0n) is 8.08. The molecule has 0 saturated heterocycles. The fourth-order valence-corrected chi connectivity index (χ4v) is 1.13. The van der Waals surface area contributed by atoms with Gasteiger partial charge in [-0.3, -0.25) is 0 Å². The molecule has 1 aromatic heterocycles. The first-order valence-electron chi connectivity index (χ1n) is 4.32. The van der Waals surface area contributed by atoms with Crippen LogP contribution >= 0.6 is 12.2 Å². The van der Waals surface area contributed by atoms with Crippen LogP contribution in [0.25, 0.3) is 0 Å². The van der Waals surface area contributed by atoms with E-state index in [4.69, 9.17) is 12.2 Å². The predicted molar refractivity (Wildman–Crippen MR) is 63.4 cm³/mol. The fraction of sp³-hybridized carbons (Fsp3) is 0.200. The summed E-state index contributed by atoms with van der Waals surface area (Å²) in [5.41, 5.74) is 0.960. The van der Waals surface area contributed by atoms with Crippen LogP contribution in [0.15, 0.2) is 30.9 Å². The molecule has 2 N–H and O–H groups in total. The van der Waals surface area contributed by atoms with Crippen LogP contribution in [0.3, 0.4) is 0 Å². The largest absolute Gasteiger partial charge is 0.359 e. The van der Waals surface area contributed by atoms with Gasteiger partial charge in [0.2, 0.25) is 0 Å². The zero-order chi connectivity index (χ0) is 10.4. The topological polar surface area (TPSA) is 37.0 Å². The zero-order valence-corrected chi connectivity index (χ0v) is 8.90. The number of rotatable bonds is 3. The van der Waals surface area contributed by atoms with Crippen LogP contribution in [0, 0.1) is 6.92 Å². The number of aromatic nitrogens is 1. The lowest BCUT2D eigenvalue weighted by Crippen LogP contribution is -2.28. The van der Waals surface area contributed by atoms with E-state index >= 15 is 0 Å². The Kier molecular flexibility index (Phi) is 4.07. The van der Waals surface area contributed by atoms with Gasteiger partial charge in [-0.15, -0.1) is 6.58 Å². The number of aryl methyl sites for hydroxylation is 1. The Morgan fingerprint density at radius 1 is 1.64 bits per heavy atom. The van der Waals surface area contributed by atoms with E-state index in [1.165, 1.54) is 0 Å². The molecule has 3 nitrogen and oxygen atoms in total. The molecule has 0 spiro atoms. The maximum atomic E-state index is 5.03. The molecular weight excluding hydrogens is 194 g/mol. The second-order valence-corrected chi connectivity index (χ2v) is 3.20. The van der Waals surface area contributed by atoms with Crippen LogP contribution < -0.4 is 10.6 Å². The normalized spacial score (nSPS) is 9.21. The summed E-state index contributed by atoms with van der Waals surface area (Å²) in [5.74, 6) is 0.756. The van der Waals surface area contributed by atoms with Crippen molar-refractivity contribution >= 4 is 23.1 Å². The fourth-order valence-electron chi connectivity index (χ4n) is 0.938. The van der Waals surface area contributed by atoms with Gasteiger partial charge in [-0.05, 0) is 31.3 Å². The summed E-state index contributed by atoms with van der Waals surface area (Å²) in [7, 11) is 0. The first kappa shape index (κ1) is 10.7. The van der Waals surface area contributed by atoms with Crippen molar-refractivity contribution < 1.29 is 0 Å². The molecule has 14 heavy (non-hydrogen) atoms. The number of nitrogens with zero attached hydrogens (tertiary/aromatic N) is 1. The van der Waals surface area contributed by atoms with Crippen molar-refractivity contribution in [3.05, 3.63) is 36.5 Å². The van der Waals surface area contributed by atoms with Crippen molar-refractivity contribution in [1.82, 2.24) is 10.3 Å². The number of pyridine rings is 1. The molecular formula is C10H13N3S. The molecule has 0 amide bonds. The van der Waals surface area contributed by atoms with Crippen LogP contribution in [-0.2, 0) is 0 Å². The van der Waals surface area contributed by atoms with Crippen LogP contribution in [0.5, 0.6) is 0 Å². The molecule has 74 valence electrons. The molecule has 0 bridgehead atoms. The Bertz CT molecular complexity index is 336. The smallest absolute Gasteiger partial charge is 0.172 e. The lowest BCUT2D eigenvalue weighted by molar-refractivity contribution is 1.06. The molecule has 0 fully saturated rings. The second kappa shape index (κ2) is 5.34. The van der Waals surface area contributed by atoms with Gasteiger partial charge in [0.05, 0.1) is 0 Å². The Labute approximate surface area is 89.2 Å². The molecule has 1 aromatic rings. The highest BCUT2D eigenvalue weighted by atomic mass is 32.1. The summed E-state index contributed by atoms with van der Waals surface area (Å²) in [5, 5.41) is 6.50. The third kappa shape index (κ3) is 3.53. The van der Waals surface area contributed by atoms with E-state index in [2.05, 4.69) is 22.2 Å². The molecule has 0 radical (unpaired) electrons. The van der Waals surface area contributed by atoms with E-state index in [9.17, 15) is 0 Å². The highest BCUT2D eigenvalue weighted by Gasteiger charge is 1.96. The van der Waals surface area contributed by atoms with Crippen molar-refractivity contribution in [3.8, 4) is 0 Å². The molecule has 0 unspecified atom stereocenters. The molecule has 0 saturated carbocycles. The van der Waals surface area contributed by atoms with Crippen LogP contribution in [0.2, 0.25) is 0 Å². The Morgan fingerprint density at radius 2 is 2.43 bits per heavy atom. The van der Waals surface area contributed by atoms with E-state index in [0.717, 1.165) is 11.5 Å². The van der Waals surface area contributed by atoms with E-state index in [1.54, 1.807) is 6.08 Å². The summed E-state index contributed by atoms with van der Waals surface area (Å²) in [6.45, 7) is 6.17. The van der Waals surface area contributed by atoms with E-state index in [0.29, 0.717) is 11.7 Å². The molecule has 4 heteroatoms. The molecule has 1 rings (SSSR count). The van der Waals surface area contributed by atoms with E-state index in [1.807, 2.05) is 25.1 Å². The van der Waals surface area contributed by atoms with Gasteiger partial charge in [-0.25, -0.2) is 4.98 Å². The molecule has 1 heterocycles.